The van der Waals surface area contributed by atoms with Crippen molar-refractivity contribution in [2.75, 3.05) is 29.4 Å². The highest BCUT2D eigenvalue weighted by atomic mass is 15.3. The predicted molar refractivity (Wildman–Crippen MR) is 130 cm³/mol. The van der Waals surface area contributed by atoms with Crippen LogP contribution in [0.1, 0.15) is 36.7 Å². The van der Waals surface area contributed by atoms with Gasteiger partial charge in [0.05, 0.1) is 17.6 Å². The Morgan fingerprint density at radius 2 is 1.97 bits per heavy atom. The molecule has 1 fully saturated rings. The normalized spacial score (nSPS) is 20.3. The maximum Gasteiger partial charge on any atom is 0.183 e. The van der Waals surface area contributed by atoms with E-state index >= 15 is 0 Å². The molecule has 0 amide bonds. The number of hydrogen-bond donors (Lipinski definition) is 2. The number of pyridine rings is 1. The van der Waals surface area contributed by atoms with Crippen LogP contribution in [0, 0.1) is 5.41 Å². The molecule has 1 saturated heterocycles. The van der Waals surface area contributed by atoms with Crippen LogP contribution in [0.15, 0.2) is 48.8 Å². The van der Waals surface area contributed by atoms with Gasteiger partial charge in [0.15, 0.2) is 17.0 Å². The molecule has 1 atom stereocenters. The van der Waals surface area contributed by atoms with Gasteiger partial charge >= 0.3 is 0 Å². The van der Waals surface area contributed by atoms with Crippen LogP contribution in [0.5, 0.6) is 0 Å². The average Bonchev–Trinajstić information content (AvgIpc) is 3.36. The van der Waals surface area contributed by atoms with Gasteiger partial charge in [-0.1, -0.05) is 31.7 Å². The molecule has 0 bridgehead atoms. The Labute approximate surface area is 192 Å². The molecule has 2 aliphatic heterocycles. The number of benzene rings is 1. The molecule has 8 heteroatoms. The lowest BCUT2D eigenvalue weighted by molar-refractivity contribution is 0.181. The van der Waals surface area contributed by atoms with Crippen molar-refractivity contribution >= 4 is 28.5 Å². The molecule has 5 heterocycles. The van der Waals surface area contributed by atoms with Gasteiger partial charge < -0.3 is 15.5 Å². The Balaban J connectivity index is 0.00000206. The van der Waals surface area contributed by atoms with E-state index in [4.69, 9.17) is 15.7 Å². The Kier molecular flexibility index (Phi) is 4.42. The van der Waals surface area contributed by atoms with Crippen LogP contribution in [-0.2, 0) is 12.8 Å². The van der Waals surface area contributed by atoms with Crippen molar-refractivity contribution in [2.24, 2.45) is 11.1 Å². The highest BCUT2D eigenvalue weighted by molar-refractivity contribution is 5.87. The molecule has 4 aromatic rings. The fraction of sp³-hybridized carbons (Fsp3) is 0.360. The molecule has 1 aliphatic carbocycles. The van der Waals surface area contributed by atoms with E-state index < -0.39 is 0 Å². The Hall–Kier alpha value is -3.52. The molecule has 0 unspecified atom stereocenters. The number of fused-ring (bicyclic) bond motifs is 3. The number of hydrogen-bond acceptors (Lipinski definition) is 7. The SMILES string of the molecule is C.N[C@@H]1c2ccccc2CC12CN(c1cnc3c(N4CCCc5ncccc54)n[nH]c3n1)C2. The van der Waals surface area contributed by atoms with Gasteiger partial charge in [0.2, 0.25) is 0 Å². The third-order valence-electron chi connectivity index (χ3n) is 7.38. The summed E-state index contributed by atoms with van der Waals surface area (Å²) in [7, 11) is 0. The number of nitrogens with zero attached hydrogens (tertiary/aromatic N) is 6. The number of rotatable bonds is 2. The van der Waals surface area contributed by atoms with Gasteiger partial charge in [-0.25, -0.2) is 9.97 Å². The summed E-state index contributed by atoms with van der Waals surface area (Å²) < 4.78 is 0. The van der Waals surface area contributed by atoms with E-state index in [-0.39, 0.29) is 18.9 Å². The van der Waals surface area contributed by atoms with E-state index in [0.717, 1.165) is 67.4 Å². The third-order valence-corrected chi connectivity index (χ3v) is 7.38. The minimum absolute atomic E-state index is 0. The molecule has 7 rings (SSSR count). The quantitative estimate of drug-likeness (QED) is 0.492. The van der Waals surface area contributed by atoms with Crippen LogP contribution < -0.4 is 15.5 Å². The van der Waals surface area contributed by atoms with Gasteiger partial charge in [0.1, 0.15) is 5.82 Å². The number of anilines is 3. The Bertz CT molecular complexity index is 1340. The number of nitrogens with two attached hydrogens (primary N) is 1. The molecule has 1 aromatic carbocycles. The summed E-state index contributed by atoms with van der Waals surface area (Å²) in [6.07, 6.45) is 6.80. The van der Waals surface area contributed by atoms with E-state index in [1.165, 1.54) is 11.1 Å². The van der Waals surface area contributed by atoms with Crippen LogP contribution >= 0.6 is 0 Å². The number of aromatic amines is 1. The summed E-state index contributed by atoms with van der Waals surface area (Å²) in [6, 6.07) is 12.7. The number of nitrogens with one attached hydrogen (secondary N) is 1. The molecule has 3 aromatic heterocycles. The number of aromatic nitrogens is 5. The second kappa shape index (κ2) is 7.25. The first-order chi connectivity index (χ1) is 15.7. The zero-order valence-electron chi connectivity index (χ0n) is 17.7. The van der Waals surface area contributed by atoms with Gasteiger partial charge in [-0.3, -0.25) is 10.1 Å². The average molecular weight is 441 g/mol. The molecular weight excluding hydrogens is 412 g/mol. The predicted octanol–water partition coefficient (Wildman–Crippen LogP) is 3.53. The summed E-state index contributed by atoms with van der Waals surface area (Å²) in [6.45, 7) is 2.69. The van der Waals surface area contributed by atoms with Crippen molar-refractivity contribution in [1.82, 2.24) is 25.1 Å². The minimum atomic E-state index is 0. The fourth-order valence-corrected chi connectivity index (χ4v) is 5.74. The number of H-pyrrole nitrogens is 1. The first-order valence-corrected chi connectivity index (χ1v) is 11.2. The Morgan fingerprint density at radius 1 is 1.09 bits per heavy atom. The molecule has 3 N–H and O–H groups in total. The molecule has 1 spiro atoms. The molecule has 33 heavy (non-hydrogen) atoms. The van der Waals surface area contributed by atoms with Crippen molar-refractivity contribution in [2.45, 2.75) is 32.7 Å². The summed E-state index contributed by atoms with van der Waals surface area (Å²) in [5.41, 5.74) is 13.2. The Morgan fingerprint density at radius 3 is 2.85 bits per heavy atom. The maximum atomic E-state index is 6.65. The van der Waals surface area contributed by atoms with Gasteiger partial charge in [-0.15, -0.1) is 0 Å². The van der Waals surface area contributed by atoms with Crippen molar-refractivity contribution in [3.63, 3.8) is 0 Å². The van der Waals surface area contributed by atoms with Gasteiger partial charge in [-0.2, -0.15) is 5.10 Å². The van der Waals surface area contributed by atoms with Gasteiger partial charge in [0, 0.05) is 37.3 Å². The monoisotopic (exact) mass is 440 g/mol. The van der Waals surface area contributed by atoms with Crippen LogP contribution in [0.25, 0.3) is 11.2 Å². The second-order valence-corrected chi connectivity index (χ2v) is 9.27. The fourth-order valence-electron chi connectivity index (χ4n) is 5.74. The van der Waals surface area contributed by atoms with Crippen molar-refractivity contribution in [1.29, 1.82) is 0 Å². The van der Waals surface area contributed by atoms with Crippen molar-refractivity contribution in [3.05, 3.63) is 65.6 Å². The zero-order valence-corrected chi connectivity index (χ0v) is 17.7. The first-order valence-electron chi connectivity index (χ1n) is 11.2. The summed E-state index contributed by atoms with van der Waals surface area (Å²) >= 11 is 0. The smallest absolute Gasteiger partial charge is 0.183 e. The van der Waals surface area contributed by atoms with E-state index in [1.54, 1.807) is 0 Å². The molecule has 8 nitrogen and oxygen atoms in total. The van der Waals surface area contributed by atoms with E-state index in [0.29, 0.717) is 5.65 Å². The lowest BCUT2D eigenvalue weighted by atomic mass is 9.74. The van der Waals surface area contributed by atoms with Gasteiger partial charge in [0.25, 0.3) is 0 Å². The lowest BCUT2D eigenvalue weighted by Crippen LogP contribution is -2.60. The zero-order chi connectivity index (χ0) is 21.3. The maximum absolute atomic E-state index is 6.65. The summed E-state index contributed by atoms with van der Waals surface area (Å²) in [4.78, 5) is 18.7. The third kappa shape index (κ3) is 2.87. The second-order valence-electron chi connectivity index (χ2n) is 9.27. The highest BCUT2D eigenvalue weighted by Crippen LogP contribution is 2.50. The molecule has 168 valence electrons. The van der Waals surface area contributed by atoms with E-state index in [2.05, 4.69) is 55.3 Å². The molecule has 0 saturated carbocycles. The topological polar surface area (TPSA) is 99.9 Å². The standard InChI is InChI=1S/C24H24N8.CH4/c25-21-16-6-2-1-5-15(16)11-24(21)13-31(14-24)19-12-27-20-22(28-19)29-30-23(20)32-10-4-7-17-18(32)8-3-9-26-17;/h1-3,5-6,8-9,12,21H,4,7,10-11,13-14,25H2,(H,28,29,30);1H4/t21-;/m1./s1. The number of aryl methyl sites for hydroxylation is 1. The lowest BCUT2D eigenvalue weighted by Gasteiger charge is -2.51. The summed E-state index contributed by atoms with van der Waals surface area (Å²) in [5, 5.41) is 7.69. The van der Waals surface area contributed by atoms with E-state index in [1.807, 2.05) is 18.5 Å². The molecule has 0 radical (unpaired) electrons. The molecular formula is C25H28N8. The van der Waals surface area contributed by atoms with E-state index in [9.17, 15) is 0 Å². The van der Waals surface area contributed by atoms with Gasteiger partial charge in [-0.05, 0) is 42.5 Å². The van der Waals surface area contributed by atoms with Crippen molar-refractivity contribution in [3.8, 4) is 0 Å². The van der Waals surface area contributed by atoms with Crippen LogP contribution in [0.3, 0.4) is 0 Å². The minimum Gasteiger partial charge on any atom is -0.354 e. The largest absolute Gasteiger partial charge is 0.354 e. The van der Waals surface area contributed by atoms with Crippen LogP contribution in [0.4, 0.5) is 17.3 Å². The first kappa shape index (κ1) is 20.1. The summed E-state index contributed by atoms with van der Waals surface area (Å²) in [5.74, 6) is 1.70. The molecule has 3 aliphatic rings. The highest BCUT2D eigenvalue weighted by Gasteiger charge is 2.52. The van der Waals surface area contributed by atoms with Crippen molar-refractivity contribution < 1.29 is 0 Å². The van der Waals surface area contributed by atoms with Crippen LogP contribution in [-0.4, -0.2) is 44.8 Å². The van der Waals surface area contributed by atoms with Crippen LogP contribution in [0.2, 0.25) is 0 Å².